The zero-order valence-electron chi connectivity index (χ0n) is 6.96. The van der Waals surface area contributed by atoms with Crippen LogP contribution in [0.3, 0.4) is 0 Å². The van der Waals surface area contributed by atoms with Crippen molar-refractivity contribution in [1.29, 1.82) is 0 Å². The molecule has 0 aromatic heterocycles. The van der Waals surface area contributed by atoms with Gasteiger partial charge in [0.1, 0.15) is 0 Å². The molecule has 0 spiro atoms. The predicted molar refractivity (Wildman–Crippen MR) is 48.4 cm³/mol. The molecule has 0 unspecified atom stereocenters. The van der Waals surface area contributed by atoms with Crippen molar-refractivity contribution < 1.29 is 19.5 Å². The van der Waals surface area contributed by atoms with E-state index in [9.17, 15) is 0 Å². The molecule has 2 aromatic rings. The fourth-order valence-corrected chi connectivity index (χ4v) is 1.29. The summed E-state index contributed by atoms with van der Waals surface area (Å²) in [6, 6.07) is 14.4. The molecule has 55 valence electrons. The Bertz CT molecular complexity index is 374. The van der Waals surface area contributed by atoms with E-state index in [1.807, 2.05) is 24.3 Å². The van der Waals surface area contributed by atoms with Gasteiger partial charge < -0.3 is 0 Å². The van der Waals surface area contributed by atoms with Crippen LogP contribution in [0.4, 0.5) is 0 Å². The Hall–Kier alpha value is -0.677. The monoisotopic (exact) mass is 205 g/mol. The van der Waals surface area contributed by atoms with Crippen LogP contribution in [0.25, 0.3) is 10.8 Å². The second kappa shape index (κ2) is 3.82. The number of hydrogen-bond acceptors (Lipinski definition) is 0. The van der Waals surface area contributed by atoms with Crippen molar-refractivity contribution in [1.82, 2.24) is 0 Å². The molecule has 2 aromatic carbocycles. The van der Waals surface area contributed by atoms with Crippen LogP contribution in [0.2, 0.25) is 0 Å². The standard InChI is InChI=1S/C11H9.Zn/c1-9-5-4-7-10-6-2-3-8-11(9)10;/h2-8H,1H2;. The van der Waals surface area contributed by atoms with Gasteiger partial charge in [0.25, 0.3) is 0 Å². The van der Waals surface area contributed by atoms with Crippen LogP contribution in [0.1, 0.15) is 5.56 Å². The minimum atomic E-state index is 0. The summed E-state index contributed by atoms with van der Waals surface area (Å²) in [5, 5.41) is 2.51. The first-order valence-electron chi connectivity index (χ1n) is 3.67. The van der Waals surface area contributed by atoms with Crippen LogP contribution in [0.5, 0.6) is 0 Å². The average molecular weight is 207 g/mol. The molecule has 1 radical (unpaired) electrons. The van der Waals surface area contributed by atoms with Gasteiger partial charge in [0.2, 0.25) is 0 Å². The molecule has 0 fully saturated rings. The smallest absolute Gasteiger partial charge is 0 e. The minimum absolute atomic E-state index is 0. The molecule has 0 amide bonds. The first-order valence-corrected chi connectivity index (χ1v) is 3.67. The van der Waals surface area contributed by atoms with Gasteiger partial charge in [-0.25, -0.2) is 0 Å². The first kappa shape index (κ1) is 9.41. The molecule has 0 heterocycles. The number of benzene rings is 2. The second-order valence-corrected chi connectivity index (χ2v) is 2.64. The van der Waals surface area contributed by atoms with Crippen molar-refractivity contribution in [3.8, 4) is 0 Å². The summed E-state index contributed by atoms with van der Waals surface area (Å²) in [5.41, 5.74) is 1.10. The van der Waals surface area contributed by atoms with Gasteiger partial charge in [-0.15, -0.1) is 0 Å². The SMILES string of the molecule is [CH2]c1cccc2ccccc12.[Zn]. The van der Waals surface area contributed by atoms with Crippen molar-refractivity contribution in [2.24, 2.45) is 0 Å². The van der Waals surface area contributed by atoms with Gasteiger partial charge in [-0.1, -0.05) is 42.5 Å². The normalized spacial score (nSPS) is 9.42. The maximum atomic E-state index is 3.95. The van der Waals surface area contributed by atoms with E-state index in [-0.39, 0.29) is 19.5 Å². The summed E-state index contributed by atoms with van der Waals surface area (Å²) < 4.78 is 0. The van der Waals surface area contributed by atoms with E-state index >= 15 is 0 Å². The Kier molecular flexibility index (Phi) is 3.00. The summed E-state index contributed by atoms with van der Waals surface area (Å²) in [6.45, 7) is 3.95. The van der Waals surface area contributed by atoms with Crippen molar-refractivity contribution in [3.63, 3.8) is 0 Å². The van der Waals surface area contributed by atoms with Crippen LogP contribution in [0, 0.1) is 6.92 Å². The van der Waals surface area contributed by atoms with Crippen LogP contribution in [-0.2, 0) is 19.5 Å². The third-order valence-corrected chi connectivity index (χ3v) is 1.88. The molecule has 0 aliphatic heterocycles. The number of fused-ring (bicyclic) bond motifs is 1. The Labute approximate surface area is 85.4 Å². The van der Waals surface area contributed by atoms with Gasteiger partial charge in [0.05, 0.1) is 0 Å². The molecule has 0 nitrogen and oxygen atoms in total. The molecule has 0 atom stereocenters. The van der Waals surface area contributed by atoms with Crippen molar-refractivity contribution >= 4 is 10.8 Å². The van der Waals surface area contributed by atoms with E-state index in [2.05, 4.69) is 25.1 Å². The summed E-state index contributed by atoms with van der Waals surface area (Å²) in [7, 11) is 0. The molecule has 12 heavy (non-hydrogen) atoms. The Balaban J connectivity index is 0.000000720. The van der Waals surface area contributed by atoms with Crippen LogP contribution < -0.4 is 0 Å². The summed E-state index contributed by atoms with van der Waals surface area (Å²) >= 11 is 0. The Morgan fingerprint density at radius 3 is 2.25 bits per heavy atom. The molecule has 0 saturated carbocycles. The Morgan fingerprint density at radius 1 is 0.833 bits per heavy atom. The van der Waals surface area contributed by atoms with Crippen molar-refractivity contribution in [2.45, 2.75) is 0 Å². The fourth-order valence-electron chi connectivity index (χ4n) is 1.29. The zero-order valence-corrected chi connectivity index (χ0v) is 9.92. The molecular formula is C11H9Zn. The summed E-state index contributed by atoms with van der Waals surface area (Å²) in [5.74, 6) is 0. The number of rotatable bonds is 0. The van der Waals surface area contributed by atoms with Gasteiger partial charge in [0, 0.05) is 19.5 Å². The molecule has 2 rings (SSSR count). The fraction of sp³-hybridized carbons (Fsp3) is 0. The van der Waals surface area contributed by atoms with E-state index in [1.54, 1.807) is 0 Å². The van der Waals surface area contributed by atoms with Gasteiger partial charge >= 0.3 is 0 Å². The van der Waals surface area contributed by atoms with E-state index in [1.165, 1.54) is 10.8 Å². The average Bonchev–Trinajstić information content (AvgIpc) is 2.06. The van der Waals surface area contributed by atoms with E-state index < -0.39 is 0 Å². The van der Waals surface area contributed by atoms with Gasteiger partial charge in [0.15, 0.2) is 0 Å². The molecule has 0 saturated heterocycles. The van der Waals surface area contributed by atoms with E-state index in [0.717, 1.165) is 5.56 Å². The zero-order chi connectivity index (χ0) is 7.68. The van der Waals surface area contributed by atoms with Gasteiger partial charge in [-0.3, -0.25) is 0 Å². The quantitative estimate of drug-likeness (QED) is 0.582. The first-order chi connectivity index (χ1) is 5.38. The summed E-state index contributed by atoms with van der Waals surface area (Å²) in [4.78, 5) is 0. The predicted octanol–water partition coefficient (Wildman–Crippen LogP) is 3.02. The maximum absolute atomic E-state index is 3.95. The summed E-state index contributed by atoms with van der Waals surface area (Å²) in [6.07, 6.45) is 0. The molecule has 0 aliphatic carbocycles. The second-order valence-electron chi connectivity index (χ2n) is 2.64. The van der Waals surface area contributed by atoms with Gasteiger partial charge in [-0.2, -0.15) is 0 Å². The number of hydrogen-bond donors (Lipinski definition) is 0. The van der Waals surface area contributed by atoms with Crippen LogP contribution in [0.15, 0.2) is 42.5 Å². The molecule has 0 bridgehead atoms. The van der Waals surface area contributed by atoms with Crippen LogP contribution in [-0.4, -0.2) is 0 Å². The topological polar surface area (TPSA) is 0 Å². The minimum Gasteiger partial charge on any atom is -0.0616 e. The van der Waals surface area contributed by atoms with Crippen molar-refractivity contribution in [3.05, 3.63) is 55.0 Å². The maximum Gasteiger partial charge on any atom is 0 e. The molecular weight excluding hydrogens is 198 g/mol. The molecule has 1 heteroatoms. The van der Waals surface area contributed by atoms with Crippen LogP contribution >= 0.6 is 0 Å². The largest absolute Gasteiger partial charge is 0.0616 e. The Morgan fingerprint density at radius 2 is 1.50 bits per heavy atom. The van der Waals surface area contributed by atoms with E-state index in [4.69, 9.17) is 0 Å². The molecule has 0 aliphatic rings. The third kappa shape index (κ3) is 1.56. The van der Waals surface area contributed by atoms with E-state index in [0.29, 0.717) is 0 Å². The van der Waals surface area contributed by atoms with Gasteiger partial charge in [-0.05, 0) is 23.3 Å². The third-order valence-electron chi connectivity index (χ3n) is 1.88. The molecule has 0 N–H and O–H groups in total. The van der Waals surface area contributed by atoms with Crippen molar-refractivity contribution in [2.75, 3.05) is 0 Å².